The molecule has 0 aliphatic rings. The Morgan fingerprint density at radius 2 is 1.80 bits per heavy atom. The highest BCUT2D eigenvalue weighted by Crippen LogP contribution is 2.23. The number of aromatic nitrogens is 1. The van der Waals surface area contributed by atoms with Crippen molar-refractivity contribution >= 4 is 21.5 Å². The Hall–Kier alpha value is -2.22. The van der Waals surface area contributed by atoms with Gasteiger partial charge >= 0.3 is 0 Å². The Bertz CT molecular complexity index is 740. The number of nitrogens with zero attached hydrogens (tertiary/aromatic N) is 1. The molecular formula is C12H11F2N3O2S. The monoisotopic (exact) mass is 299 g/mol. The van der Waals surface area contributed by atoms with Crippen LogP contribution in [-0.2, 0) is 10.0 Å². The molecule has 0 unspecified atom stereocenters. The topological polar surface area (TPSA) is 85.1 Å². The van der Waals surface area contributed by atoms with Crippen LogP contribution in [0.5, 0.6) is 0 Å². The Morgan fingerprint density at radius 1 is 1.20 bits per heavy atom. The van der Waals surface area contributed by atoms with Gasteiger partial charge in [0.05, 0.1) is 0 Å². The maximum absolute atomic E-state index is 13.6. The molecule has 0 aliphatic carbocycles. The lowest BCUT2D eigenvalue weighted by Crippen LogP contribution is -2.17. The van der Waals surface area contributed by atoms with Crippen molar-refractivity contribution in [2.75, 3.05) is 10.5 Å². The van der Waals surface area contributed by atoms with Gasteiger partial charge in [0, 0.05) is 11.9 Å². The van der Waals surface area contributed by atoms with E-state index in [1.807, 2.05) is 4.72 Å². The Balaban J connectivity index is 2.46. The van der Waals surface area contributed by atoms with Crippen LogP contribution in [0.15, 0.2) is 35.4 Å². The predicted octanol–water partition coefficient (Wildman–Crippen LogP) is 2.05. The van der Waals surface area contributed by atoms with Gasteiger partial charge in [-0.05, 0) is 36.8 Å². The summed E-state index contributed by atoms with van der Waals surface area (Å²) in [5.41, 5.74) is 5.78. The van der Waals surface area contributed by atoms with Gasteiger partial charge < -0.3 is 5.73 Å². The third-order valence-corrected chi connectivity index (χ3v) is 3.85. The number of nitrogens with one attached hydrogen (secondary N) is 1. The lowest BCUT2D eigenvalue weighted by Gasteiger charge is -2.10. The molecule has 0 spiro atoms. The van der Waals surface area contributed by atoms with Gasteiger partial charge in [-0.3, -0.25) is 4.72 Å². The van der Waals surface area contributed by atoms with Crippen LogP contribution in [0.2, 0.25) is 0 Å². The maximum Gasteiger partial charge on any atom is 0.268 e. The van der Waals surface area contributed by atoms with Crippen molar-refractivity contribution in [3.63, 3.8) is 0 Å². The van der Waals surface area contributed by atoms with E-state index in [0.29, 0.717) is 0 Å². The number of pyridine rings is 1. The van der Waals surface area contributed by atoms with E-state index in [9.17, 15) is 17.2 Å². The van der Waals surface area contributed by atoms with Gasteiger partial charge in [0.2, 0.25) is 0 Å². The van der Waals surface area contributed by atoms with Crippen LogP contribution < -0.4 is 10.5 Å². The van der Waals surface area contributed by atoms with E-state index in [1.54, 1.807) is 13.0 Å². The van der Waals surface area contributed by atoms with E-state index < -0.39 is 26.6 Å². The highest BCUT2D eigenvalue weighted by atomic mass is 32.2. The number of hydrogen-bond acceptors (Lipinski definition) is 4. The summed E-state index contributed by atoms with van der Waals surface area (Å²) in [7, 11) is -4.43. The molecule has 5 nitrogen and oxygen atoms in total. The van der Waals surface area contributed by atoms with E-state index in [2.05, 4.69) is 4.98 Å². The van der Waals surface area contributed by atoms with Crippen LogP contribution in [0.1, 0.15) is 5.56 Å². The van der Waals surface area contributed by atoms with Gasteiger partial charge in [0.25, 0.3) is 10.0 Å². The molecule has 106 valence electrons. The molecular weight excluding hydrogens is 288 g/mol. The maximum atomic E-state index is 13.6. The number of aryl methyl sites for hydroxylation is 1. The fourth-order valence-electron chi connectivity index (χ4n) is 1.62. The number of rotatable bonds is 3. The van der Waals surface area contributed by atoms with E-state index >= 15 is 0 Å². The molecule has 0 radical (unpaired) electrons. The van der Waals surface area contributed by atoms with E-state index in [-0.39, 0.29) is 11.5 Å². The fourth-order valence-corrected chi connectivity index (χ4v) is 2.74. The molecule has 1 aromatic carbocycles. The first-order valence-corrected chi connectivity index (χ1v) is 6.98. The molecule has 0 saturated carbocycles. The average molecular weight is 299 g/mol. The van der Waals surface area contributed by atoms with Gasteiger partial charge in [0.15, 0.2) is 4.90 Å². The zero-order chi connectivity index (χ0) is 14.9. The molecule has 2 aromatic rings. The van der Waals surface area contributed by atoms with Crippen LogP contribution in [0.3, 0.4) is 0 Å². The van der Waals surface area contributed by atoms with Crippen molar-refractivity contribution in [1.29, 1.82) is 0 Å². The van der Waals surface area contributed by atoms with Crippen LogP contribution in [0.25, 0.3) is 0 Å². The van der Waals surface area contributed by atoms with Gasteiger partial charge in [-0.2, -0.15) is 0 Å². The Labute approximate surface area is 114 Å². The predicted molar refractivity (Wildman–Crippen MR) is 70.6 cm³/mol. The summed E-state index contributed by atoms with van der Waals surface area (Å²) in [5, 5.41) is 0. The zero-order valence-electron chi connectivity index (χ0n) is 10.4. The lowest BCUT2D eigenvalue weighted by molar-refractivity contribution is 0.522. The quantitative estimate of drug-likeness (QED) is 0.849. The first-order chi connectivity index (χ1) is 9.29. The summed E-state index contributed by atoms with van der Waals surface area (Å²) >= 11 is 0. The van der Waals surface area contributed by atoms with Crippen molar-refractivity contribution in [2.45, 2.75) is 11.8 Å². The molecule has 8 heteroatoms. The Morgan fingerprint density at radius 3 is 2.35 bits per heavy atom. The molecule has 0 amide bonds. The molecule has 1 aromatic heterocycles. The van der Waals surface area contributed by atoms with Gasteiger partial charge in [-0.1, -0.05) is 0 Å². The third-order valence-electron chi connectivity index (χ3n) is 2.44. The Kier molecular flexibility index (Phi) is 3.58. The van der Waals surface area contributed by atoms with Crippen molar-refractivity contribution in [2.24, 2.45) is 0 Å². The number of sulfonamides is 1. The molecule has 0 saturated heterocycles. The summed E-state index contributed by atoms with van der Waals surface area (Å²) in [5.74, 6) is -2.55. The zero-order valence-corrected chi connectivity index (χ0v) is 11.2. The van der Waals surface area contributed by atoms with Crippen LogP contribution in [0, 0.1) is 18.6 Å². The molecule has 0 bridgehead atoms. The second-order valence-electron chi connectivity index (χ2n) is 4.14. The van der Waals surface area contributed by atoms with Gasteiger partial charge in [0.1, 0.15) is 17.5 Å². The molecule has 0 fully saturated rings. The minimum atomic E-state index is -4.43. The number of halogens is 2. The molecule has 0 aliphatic heterocycles. The van der Waals surface area contributed by atoms with Gasteiger partial charge in [-0.25, -0.2) is 22.2 Å². The van der Waals surface area contributed by atoms with Crippen molar-refractivity contribution in [3.05, 3.63) is 47.7 Å². The SMILES string of the molecule is Cc1ccnc(NS(=O)(=O)c2c(F)cc(N)cc2F)c1. The second kappa shape index (κ2) is 5.04. The average Bonchev–Trinajstić information content (AvgIpc) is 2.25. The highest BCUT2D eigenvalue weighted by molar-refractivity contribution is 7.92. The van der Waals surface area contributed by atoms with Crippen LogP contribution in [-0.4, -0.2) is 13.4 Å². The van der Waals surface area contributed by atoms with Crippen LogP contribution in [0.4, 0.5) is 20.3 Å². The largest absolute Gasteiger partial charge is 0.399 e. The lowest BCUT2D eigenvalue weighted by atomic mass is 10.3. The number of hydrogen-bond donors (Lipinski definition) is 2. The van der Waals surface area contributed by atoms with E-state index in [1.165, 1.54) is 12.3 Å². The second-order valence-corrected chi connectivity index (χ2v) is 5.76. The first-order valence-electron chi connectivity index (χ1n) is 5.49. The summed E-state index contributed by atoms with van der Waals surface area (Å²) in [6.45, 7) is 1.73. The number of nitrogens with two attached hydrogens (primary N) is 1. The molecule has 0 atom stereocenters. The summed E-state index contributed by atoms with van der Waals surface area (Å²) in [6, 6.07) is 4.56. The molecule has 3 N–H and O–H groups in total. The van der Waals surface area contributed by atoms with Crippen molar-refractivity contribution in [1.82, 2.24) is 4.98 Å². The number of anilines is 2. The molecule has 2 rings (SSSR count). The number of benzene rings is 1. The van der Waals surface area contributed by atoms with Crippen molar-refractivity contribution < 1.29 is 17.2 Å². The normalized spacial score (nSPS) is 11.3. The van der Waals surface area contributed by atoms with E-state index in [4.69, 9.17) is 5.73 Å². The van der Waals surface area contributed by atoms with E-state index in [0.717, 1.165) is 17.7 Å². The smallest absolute Gasteiger partial charge is 0.268 e. The third kappa shape index (κ3) is 2.85. The standard InChI is InChI=1S/C12H11F2N3O2S/c1-7-2-3-16-11(4-7)17-20(18,19)12-9(13)5-8(15)6-10(12)14/h2-6H,15H2,1H3,(H,16,17). The summed E-state index contributed by atoms with van der Waals surface area (Å²) in [4.78, 5) is 2.68. The minimum Gasteiger partial charge on any atom is -0.399 e. The number of nitrogen functional groups attached to an aromatic ring is 1. The highest BCUT2D eigenvalue weighted by Gasteiger charge is 2.25. The van der Waals surface area contributed by atoms with Crippen molar-refractivity contribution in [3.8, 4) is 0 Å². The fraction of sp³-hybridized carbons (Fsp3) is 0.0833. The minimum absolute atomic E-state index is 0.0272. The summed E-state index contributed by atoms with van der Waals surface area (Å²) < 4.78 is 53.3. The first kappa shape index (κ1) is 14.2. The summed E-state index contributed by atoms with van der Waals surface area (Å²) in [6.07, 6.45) is 1.38. The molecule has 20 heavy (non-hydrogen) atoms. The van der Waals surface area contributed by atoms with Gasteiger partial charge in [-0.15, -0.1) is 0 Å². The molecule has 1 heterocycles. The van der Waals surface area contributed by atoms with Crippen LogP contribution >= 0.6 is 0 Å².